The van der Waals surface area contributed by atoms with Crippen molar-refractivity contribution in [1.82, 2.24) is 4.90 Å². The molecule has 106 valence electrons. The molecule has 0 aliphatic carbocycles. The quantitative estimate of drug-likeness (QED) is 0.796. The number of nitrogens with zero attached hydrogens (tertiary/aromatic N) is 1. The highest BCUT2D eigenvalue weighted by atomic mass is 32.2. The molecular weight excluding hydrogens is 266 g/mol. The first kappa shape index (κ1) is 14.1. The lowest BCUT2D eigenvalue weighted by Gasteiger charge is -2.38. The first-order valence-electron chi connectivity index (χ1n) is 6.54. The maximum absolute atomic E-state index is 12.1. The van der Waals surface area contributed by atoms with Gasteiger partial charge >= 0.3 is 0 Å². The molecule has 0 atom stereocenters. The molecule has 0 N–H and O–H groups in total. The zero-order valence-electron chi connectivity index (χ0n) is 11.0. The second-order valence-corrected chi connectivity index (χ2v) is 7.19. The summed E-state index contributed by atoms with van der Waals surface area (Å²) in [6, 6.07) is 3.33. The van der Waals surface area contributed by atoms with Gasteiger partial charge < -0.3 is 9.32 Å². The second-order valence-electron chi connectivity index (χ2n) is 4.91. The van der Waals surface area contributed by atoms with Gasteiger partial charge in [-0.3, -0.25) is 4.79 Å². The molecule has 0 unspecified atom stereocenters. The number of carbonyl (C=O) groups is 1. The highest BCUT2D eigenvalue weighted by molar-refractivity contribution is 7.91. The lowest BCUT2D eigenvalue weighted by atomic mass is 10.1. The van der Waals surface area contributed by atoms with Crippen molar-refractivity contribution >= 4 is 15.7 Å². The van der Waals surface area contributed by atoms with Crippen molar-refractivity contribution in [2.24, 2.45) is 0 Å². The van der Waals surface area contributed by atoms with Gasteiger partial charge in [-0.1, -0.05) is 13.3 Å². The average molecular weight is 285 g/mol. The van der Waals surface area contributed by atoms with Gasteiger partial charge in [0.2, 0.25) is 5.91 Å². The molecule has 2 rings (SSSR count). The van der Waals surface area contributed by atoms with Crippen molar-refractivity contribution in [2.75, 3.05) is 13.1 Å². The van der Waals surface area contributed by atoms with Gasteiger partial charge in [0.1, 0.15) is 11.5 Å². The molecule has 1 saturated heterocycles. The normalized spacial score (nSPS) is 16.4. The summed E-state index contributed by atoms with van der Waals surface area (Å²) < 4.78 is 29.2. The third kappa shape index (κ3) is 3.37. The van der Waals surface area contributed by atoms with Crippen molar-refractivity contribution in [3.05, 3.63) is 24.2 Å². The molecule has 0 saturated carbocycles. The summed E-state index contributed by atoms with van der Waals surface area (Å²) >= 11 is 0. The Morgan fingerprint density at radius 3 is 2.79 bits per heavy atom. The number of furan rings is 1. The van der Waals surface area contributed by atoms with Crippen LogP contribution < -0.4 is 0 Å². The Morgan fingerprint density at radius 1 is 1.47 bits per heavy atom. The fourth-order valence-electron chi connectivity index (χ4n) is 2.07. The highest BCUT2D eigenvalue weighted by Crippen LogP contribution is 2.21. The van der Waals surface area contributed by atoms with Crippen LogP contribution >= 0.6 is 0 Å². The van der Waals surface area contributed by atoms with E-state index in [4.69, 9.17) is 4.42 Å². The van der Waals surface area contributed by atoms with Crippen LogP contribution in [0.1, 0.15) is 31.9 Å². The van der Waals surface area contributed by atoms with Gasteiger partial charge in [0.05, 0.1) is 11.5 Å². The van der Waals surface area contributed by atoms with Gasteiger partial charge in [0, 0.05) is 19.5 Å². The largest absolute Gasteiger partial charge is 0.468 e. The van der Waals surface area contributed by atoms with Crippen LogP contribution in [0.25, 0.3) is 0 Å². The molecular formula is C13H19NO4S. The van der Waals surface area contributed by atoms with Crippen LogP contribution in [-0.4, -0.2) is 37.6 Å². The smallest absolute Gasteiger partial charge is 0.222 e. The number of sulfone groups is 1. The van der Waals surface area contributed by atoms with E-state index in [2.05, 4.69) is 0 Å². The summed E-state index contributed by atoms with van der Waals surface area (Å²) in [5, 5.41) is -0.442. The molecule has 1 aromatic rings. The Balaban J connectivity index is 1.84. The van der Waals surface area contributed by atoms with Gasteiger partial charge in [-0.05, 0) is 18.6 Å². The topological polar surface area (TPSA) is 67.6 Å². The zero-order valence-corrected chi connectivity index (χ0v) is 11.9. The van der Waals surface area contributed by atoms with Crippen molar-refractivity contribution in [1.29, 1.82) is 0 Å². The Kier molecular flexibility index (Phi) is 4.29. The van der Waals surface area contributed by atoms with E-state index in [1.54, 1.807) is 17.0 Å². The Hall–Kier alpha value is -1.30. The fourth-order valence-corrected chi connectivity index (χ4v) is 3.68. The summed E-state index contributed by atoms with van der Waals surface area (Å²) in [6.45, 7) is 2.68. The predicted octanol–water partition coefficient (Wildman–Crippen LogP) is 1.60. The third-order valence-corrected chi connectivity index (χ3v) is 5.38. The van der Waals surface area contributed by atoms with E-state index in [1.807, 2.05) is 6.92 Å². The molecule has 2 heterocycles. The minimum Gasteiger partial charge on any atom is -0.468 e. The number of amides is 1. The van der Waals surface area contributed by atoms with E-state index in [-0.39, 0.29) is 11.7 Å². The van der Waals surface area contributed by atoms with Gasteiger partial charge in [0.25, 0.3) is 0 Å². The molecule has 1 amide bonds. The molecule has 0 radical (unpaired) electrons. The molecule has 0 bridgehead atoms. The van der Waals surface area contributed by atoms with Crippen LogP contribution in [0.3, 0.4) is 0 Å². The summed E-state index contributed by atoms with van der Waals surface area (Å²) in [7, 11) is -3.22. The Labute approximate surface area is 113 Å². The number of carbonyl (C=O) groups excluding carboxylic acids is 1. The average Bonchev–Trinajstić information content (AvgIpc) is 2.75. The number of rotatable bonds is 6. The number of hydrogen-bond donors (Lipinski definition) is 0. The Morgan fingerprint density at radius 2 is 2.21 bits per heavy atom. The number of likely N-dealkylation sites (tertiary alicyclic amines) is 1. The summed E-state index contributed by atoms with van der Waals surface area (Å²) in [6.07, 6.45) is 3.81. The number of hydrogen-bond acceptors (Lipinski definition) is 4. The Bertz CT molecular complexity index is 515. The molecule has 19 heavy (non-hydrogen) atoms. The monoisotopic (exact) mass is 285 g/mol. The molecule has 1 aromatic heterocycles. The van der Waals surface area contributed by atoms with Crippen LogP contribution in [0.15, 0.2) is 22.8 Å². The number of unbranched alkanes of at least 4 members (excludes halogenated alkanes) is 1. The summed E-state index contributed by atoms with van der Waals surface area (Å²) in [4.78, 5) is 13.3. The highest BCUT2D eigenvalue weighted by Gasteiger charge is 2.39. The fraction of sp³-hybridized carbons (Fsp3) is 0.615. The minimum absolute atomic E-state index is 0.0614. The molecule has 1 fully saturated rings. The van der Waals surface area contributed by atoms with E-state index in [0.29, 0.717) is 25.3 Å². The second kappa shape index (κ2) is 5.77. The van der Waals surface area contributed by atoms with Crippen LogP contribution in [0.2, 0.25) is 0 Å². The van der Waals surface area contributed by atoms with Crippen molar-refractivity contribution in [2.45, 2.75) is 37.2 Å². The molecule has 6 heteroatoms. The predicted molar refractivity (Wildman–Crippen MR) is 71.2 cm³/mol. The van der Waals surface area contributed by atoms with E-state index >= 15 is 0 Å². The van der Waals surface area contributed by atoms with Crippen LogP contribution in [0.4, 0.5) is 0 Å². The van der Waals surface area contributed by atoms with Crippen molar-refractivity contribution < 1.29 is 17.6 Å². The van der Waals surface area contributed by atoms with Crippen LogP contribution in [-0.2, 0) is 20.4 Å². The molecule has 0 aromatic carbocycles. The van der Waals surface area contributed by atoms with E-state index in [1.165, 1.54) is 6.26 Å². The molecule has 0 spiro atoms. The van der Waals surface area contributed by atoms with Gasteiger partial charge in [-0.25, -0.2) is 8.42 Å². The lowest BCUT2D eigenvalue weighted by molar-refractivity contribution is -0.134. The molecule has 1 aliphatic rings. The SMILES string of the molecule is CCCCC(=O)N1CC(S(=O)(=O)Cc2ccco2)C1. The van der Waals surface area contributed by atoms with Crippen molar-refractivity contribution in [3.63, 3.8) is 0 Å². The van der Waals surface area contributed by atoms with E-state index in [0.717, 1.165) is 12.8 Å². The van der Waals surface area contributed by atoms with Crippen molar-refractivity contribution in [3.8, 4) is 0 Å². The maximum atomic E-state index is 12.1. The molecule has 1 aliphatic heterocycles. The minimum atomic E-state index is -3.22. The first-order valence-corrected chi connectivity index (χ1v) is 8.26. The summed E-state index contributed by atoms with van der Waals surface area (Å²) in [5.41, 5.74) is 0. The van der Waals surface area contributed by atoms with E-state index < -0.39 is 15.1 Å². The first-order chi connectivity index (χ1) is 9.03. The zero-order chi connectivity index (χ0) is 13.9. The molecule has 5 nitrogen and oxygen atoms in total. The van der Waals surface area contributed by atoms with Gasteiger partial charge in [0.15, 0.2) is 9.84 Å². The van der Waals surface area contributed by atoms with Gasteiger partial charge in [-0.2, -0.15) is 0 Å². The van der Waals surface area contributed by atoms with Gasteiger partial charge in [-0.15, -0.1) is 0 Å². The van der Waals surface area contributed by atoms with Crippen LogP contribution in [0.5, 0.6) is 0 Å². The van der Waals surface area contributed by atoms with E-state index in [9.17, 15) is 13.2 Å². The maximum Gasteiger partial charge on any atom is 0.222 e. The standard InChI is InChI=1S/C13H19NO4S/c1-2-3-6-13(15)14-8-12(9-14)19(16,17)10-11-5-4-7-18-11/h4-5,7,12H,2-3,6,8-10H2,1H3. The summed E-state index contributed by atoms with van der Waals surface area (Å²) in [5.74, 6) is 0.434. The van der Waals surface area contributed by atoms with Crippen LogP contribution in [0, 0.1) is 0 Å². The lowest BCUT2D eigenvalue weighted by Crippen LogP contribution is -2.57. The third-order valence-electron chi connectivity index (χ3n) is 3.38.